The molecule has 0 atom stereocenters. The van der Waals surface area contributed by atoms with Crippen LogP contribution in [0.5, 0.6) is 0 Å². The summed E-state index contributed by atoms with van der Waals surface area (Å²) in [5, 5.41) is 0. The molecule has 0 saturated heterocycles. The normalized spacial score (nSPS) is 11.8. The SMILES string of the molecule is CC(C)(C)c1ccc(I)cc1F. The van der Waals surface area contributed by atoms with Gasteiger partial charge >= 0.3 is 0 Å². The van der Waals surface area contributed by atoms with E-state index in [0.29, 0.717) is 0 Å². The average molecular weight is 278 g/mol. The van der Waals surface area contributed by atoms with Crippen molar-refractivity contribution in [3.05, 3.63) is 33.1 Å². The van der Waals surface area contributed by atoms with Gasteiger partial charge in [-0.05, 0) is 45.7 Å². The molecule has 0 heterocycles. The lowest BCUT2D eigenvalue weighted by atomic mass is 9.87. The molecule has 0 amide bonds. The Morgan fingerprint density at radius 3 is 2.25 bits per heavy atom. The zero-order chi connectivity index (χ0) is 9.35. The van der Waals surface area contributed by atoms with E-state index in [1.807, 2.05) is 32.9 Å². The Hall–Kier alpha value is -0.120. The van der Waals surface area contributed by atoms with E-state index in [2.05, 4.69) is 22.6 Å². The zero-order valence-corrected chi connectivity index (χ0v) is 9.65. The van der Waals surface area contributed by atoms with Crippen molar-refractivity contribution in [3.8, 4) is 0 Å². The van der Waals surface area contributed by atoms with Crippen molar-refractivity contribution in [2.75, 3.05) is 0 Å². The highest BCUT2D eigenvalue weighted by molar-refractivity contribution is 14.1. The Morgan fingerprint density at radius 2 is 1.83 bits per heavy atom. The van der Waals surface area contributed by atoms with Crippen LogP contribution in [0.15, 0.2) is 18.2 Å². The van der Waals surface area contributed by atoms with Gasteiger partial charge in [-0.25, -0.2) is 4.39 Å². The molecule has 0 aliphatic heterocycles. The van der Waals surface area contributed by atoms with E-state index in [-0.39, 0.29) is 11.2 Å². The van der Waals surface area contributed by atoms with E-state index in [1.54, 1.807) is 6.07 Å². The molecular weight excluding hydrogens is 266 g/mol. The summed E-state index contributed by atoms with van der Waals surface area (Å²) < 4.78 is 14.3. The summed E-state index contributed by atoms with van der Waals surface area (Å²) in [5.74, 6) is -0.102. The molecule has 0 saturated carbocycles. The van der Waals surface area contributed by atoms with Crippen LogP contribution in [0.3, 0.4) is 0 Å². The van der Waals surface area contributed by atoms with Gasteiger partial charge in [0.2, 0.25) is 0 Å². The monoisotopic (exact) mass is 278 g/mol. The molecule has 0 aliphatic carbocycles. The van der Waals surface area contributed by atoms with Gasteiger partial charge in [0, 0.05) is 3.57 Å². The summed E-state index contributed by atoms with van der Waals surface area (Å²) in [4.78, 5) is 0. The molecule has 2 heteroatoms. The molecule has 0 N–H and O–H groups in total. The van der Waals surface area contributed by atoms with E-state index in [9.17, 15) is 4.39 Å². The van der Waals surface area contributed by atoms with Crippen LogP contribution in [0.1, 0.15) is 26.3 Å². The third-order valence-electron chi connectivity index (χ3n) is 1.74. The fourth-order valence-corrected chi connectivity index (χ4v) is 1.55. The highest BCUT2D eigenvalue weighted by Crippen LogP contribution is 2.25. The van der Waals surface area contributed by atoms with Crippen molar-refractivity contribution >= 4 is 22.6 Å². The Bertz CT molecular complexity index is 286. The zero-order valence-electron chi connectivity index (χ0n) is 7.49. The van der Waals surface area contributed by atoms with Gasteiger partial charge in [0.1, 0.15) is 5.82 Å². The van der Waals surface area contributed by atoms with E-state index in [0.717, 1.165) is 9.13 Å². The molecule has 1 aromatic carbocycles. The lowest BCUT2D eigenvalue weighted by molar-refractivity contribution is 0.522. The maximum Gasteiger partial charge on any atom is 0.127 e. The molecule has 0 aliphatic rings. The van der Waals surface area contributed by atoms with Crippen LogP contribution in [0.4, 0.5) is 4.39 Å². The molecule has 66 valence electrons. The highest BCUT2D eigenvalue weighted by Gasteiger charge is 2.17. The molecule has 0 radical (unpaired) electrons. The van der Waals surface area contributed by atoms with Crippen molar-refractivity contribution in [2.45, 2.75) is 26.2 Å². The first-order valence-corrected chi connectivity index (χ1v) is 4.94. The fraction of sp³-hybridized carbons (Fsp3) is 0.400. The van der Waals surface area contributed by atoms with Gasteiger partial charge in [-0.2, -0.15) is 0 Å². The van der Waals surface area contributed by atoms with E-state index < -0.39 is 0 Å². The second kappa shape index (κ2) is 3.32. The van der Waals surface area contributed by atoms with Gasteiger partial charge in [-0.15, -0.1) is 0 Å². The lowest BCUT2D eigenvalue weighted by Crippen LogP contribution is -2.13. The maximum absolute atomic E-state index is 13.3. The second-order valence-electron chi connectivity index (χ2n) is 3.87. The number of benzene rings is 1. The van der Waals surface area contributed by atoms with E-state index >= 15 is 0 Å². The minimum Gasteiger partial charge on any atom is -0.207 e. The summed E-state index contributed by atoms with van der Waals surface area (Å²) in [7, 11) is 0. The van der Waals surface area contributed by atoms with Gasteiger partial charge in [0.05, 0.1) is 0 Å². The Labute approximate surface area is 86.3 Å². The van der Waals surface area contributed by atoms with Crippen LogP contribution in [-0.4, -0.2) is 0 Å². The molecular formula is C10H12FI. The van der Waals surface area contributed by atoms with Gasteiger partial charge in [0.15, 0.2) is 0 Å². The highest BCUT2D eigenvalue weighted by atomic mass is 127. The molecule has 0 fully saturated rings. The maximum atomic E-state index is 13.3. The first kappa shape index (κ1) is 9.96. The number of halogens is 2. The molecule has 0 nitrogen and oxygen atoms in total. The Kier molecular flexibility index (Phi) is 2.76. The van der Waals surface area contributed by atoms with Crippen molar-refractivity contribution in [3.63, 3.8) is 0 Å². The molecule has 1 rings (SSSR count). The van der Waals surface area contributed by atoms with E-state index in [4.69, 9.17) is 0 Å². The second-order valence-corrected chi connectivity index (χ2v) is 5.12. The molecule has 1 aromatic rings. The minimum absolute atomic E-state index is 0.102. The van der Waals surface area contributed by atoms with Gasteiger partial charge in [-0.1, -0.05) is 26.8 Å². The minimum atomic E-state index is -0.103. The first-order valence-electron chi connectivity index (χ1n) is 3.87. The Balaban J connectivity index is 3.19. The van der Waals surface area contributed by atoms with Crippen LogP contribution >= 0.6 is 22.6 Å². The third kappa shape index (κ3) is 2.19. The van der Waals surface area contributed by atoms with Crippen LogP contribution in [0.25, 0.3) is 0 Å². The fourth-order valence-electron chi connectivity index (χ4n) is 1.10. The van der Waals surface area contributed by atoms with Crippen molar-refractivity contribution in [1.29, 1.82) is 0 Å². The van der Waals surface area contributed by atoms with Crippen LogP contribution in [0, 0.1) is 9.39 Å². The number of hydrogen-bond donors (Lipinski definition) is 0. The smallest absolute Gasteiger partial charge is 0.127 e. The average Bonchev–Trinajstić information content (AvgIpc) is 1.83. The topological polar surface area (TPSA) is 0 Å². The summed E-state index contributed by atoms with van der Waals surface area (Å²) in [6, 6.07) is 5.36. The van der Waals surface area contributed by atoms with Gasteiger partial charge in [0.25, 0.3) is 0 Å². The molecule has 0 aromatic heterocycles. The molecule has 0 bridgehead atoms. The van der Waals surface area contributed by atoms with Crippen molar-refractivity contribution in [1.82, 2.24) is 0 Å². The molecule has 0 spiro atoms. The van der Waals surface area contributed by atoms with Crippen LogP contribution in [-0.2, 0) is 5.41 Å². The largest absolute Gasteiger partial charge is 0.207 e. The summed E-state index contributed by atoms with van der Waals surface area (Å²) in [5.41, 5.74) is 0.678. The molecule has 0 unspecified atom stereocenters. The summed E-state index contributed by atoms with van der Waals surface area (Å²) >= 11 is 2.11. The summed E-state index contributed by atoms with van der Waals surface area (Å²) in [6.45, 7) is 6.04. The van der Waals surface area contributed by atoms with Gasteiger partial charge in [-0.3, -0.25) is 0 Å². The van der Waals surface area contributed by atoms with Crippen molar-refractivity contribution < 1.29 is 4.39 Å². The van der Waals surface area contributed by atoms with Crippen LogP contribution in [0.2, 0.25) is 0 Å². The Morgan fingerprint density at radius 1 is 1.25 bits per heavy atom. The van der Waals surface area contributed by atoms with Gasteiger partial charge < -0.3 is 0 Å². The summed E-state index contributed by atoms with van der Waals surface area (Å²) in [6.07, 6.45) is 0. The van der Waals surface area contributed by atoms with Crippen molar-refractivity contribution in [2.24, 2.45) is 0 Å². The number of hydrogen-bond acceptors (Lipinski definition) is 0. The predicted octanol–water partition coefficient (Wildman–Crippen LogP) is 3.73. The van der Waals surface area contributed by atoms with Crippen LogP contribution < -0.4 is 0 Å². The molecule has 12 heavy (non-hydrogen) atoms. The quantitative estimate of drug-likeness (QED) is 0.634. The predicted molar refractivity (Wildman–Crippen MR) is 57.8 cm³/mol. The lowest BCUT2D eigenvalue weighted by Gasteiger charge is -2.19. The third-order valence-corrected chi connectivity index (χ3v) is 2.41. The first-order chi connectivity index (χ1) is 5.41. The standard InChI is InChI=1S/C10H12FI/c1-10(2,3)8-5-4-7(12)6-9(8)11/h4-6H,1-3H3. The number of rotatable bonds is 0. The van der Waals surface area contributed by atoms with E-state index in [1.165, 1.54) is 0 Å².